The van der Waals surface area contributed by atoms with Crippen LogP contribution < -0.4 is 11.0 Å². The zero-order valence-corrected chi connectivity index (χ0v) is 12.0. The molecule has 1 aromatic rings. The average molecular weight is 273 g/mol. The van der Waals surface area contributed by atoms with Crippen molar-refractivity contribution >= 4 is 12.2 Å². The number of nitrogens with zero attached hydrogens (tertiary/aromatic N) is 3. The van der Waals surface area contributed by atoms with Crippen LogP contribution in [-0.2, 0) is 0 Å². The highest BCUT2D eigenvalue weighted by Crippen LogP contribution is 2.58. The van der Waals surface area contributed by atoms with Crippen LogP contribution in [0.5, 0.6) is 0 Å². The van der Waals surface area contributed by atoms with Crippen LogP contribution >= 0.6 is 0 Å². The lowest BCUT2D eigenvalue weighted by Crippen LogP contribution is -2.48. The lowest BCUT2D eigenvalue weighted by atomic mass is 9.49. The van der Waals surface area contributed by atoms with E-state index in [1.54, 1.807) is 6.92 Å². The largest absolute Gasteiger partial charge is 0.288 e. The van der Waals surface area contributed by atoms with Crippen LogP contribution in [0.1, 0.15) is 32.4 Å². The highest BCUT2D eigenvalue weighted by atomic mass is 16.1. The molecule has 0 radical (unpaired) electrons. The van der Waals surface area contributed by atoms with Gasteiger partial charge in [-0.2, -0.15) is 5.10 Å². The van der Waals surface area contributed by atoms with Crippen molar-refractivity contribution in [3.05, 3.63) is 27.7 Å². The number of allylic oxidation sites excluding steroid dienone is 2. The molecule has 2 atom stereocenters. The summed E-state index contributed by atoms with van der Waals surface area (Å²) >= 11 is 0. The molecule has 0 saturated heterocycles. The summed E-state index contributed by atoms with van der Waals surface area (Å²) in [4.78, 5) is 14.0. The number of hydrogen-bond donors (Lipinski definition) is 2. The summed E-state index contributed by atoms with van der Waals surface area (Å²) in [6.07, 6.45) is 6.48. The first-order valence-corrected chi connectivity index (χ1v) is 6.91. The number of hydrazone groups is 1. The predicted octanol–water partition coefficient (Wildman–Crippen LogP) is 1.86. The van der Waals surface area contributed by atoms with Crippen LogP contribution in [0.15, 0.2) is 21.5 Å². The lowest BCUT2D eigenvalue weighted by molar-refractivity contribution is -0.00124. The van der Waals surface area contributed by atoms with E-state index in [1.165, 1.54) is 12.0 Å². The highest BCUT2D eigenvalue weighted by Gasteiger charge is 2.50. The number of rotatable bonds is 3. The van der Waals surface area contributed by atoms with E-state index in [-0.39, 0.29) is 11.5 Å². The third-order valence-corrected chi connectivity index (χ3v) is 4.76. The fourth-order valence-corrected chi connectivity index (χ4v) is 3.16. The number of anilines is 1. The summed E-state index contributed by atoms with van der Waals surface area (Å²) in [6, 6.07) is 0. The van der Waals surface area contributed by atoms with Crippen LogP contribution in [0.4, 0.5) is 5.95 Å². The summed E-state index contributed by atoms with van der Waals surface area (Å²) in [7, 11) is 0. The van der Waals surface area contributed by atoms with Gasteiger partial charge in [-0.15, -0.1) is 10.2 Å². The smallest absolute Gasteiger partial charge is 0.274 e. The Hall–Kier alpha value is -1.98. The van der Waals surface area contributed by atoms with Gasteiger partial charge >= 0.3 is 0 Å². The van der Waals surface area contributed by atoms with Crippen molar-refractivity contribution in [1.29, 1.82) is 0 Å². The maximum Gasteiger partial charge on any atom is 0.274 e. The molecule has 1 aromatic heterocycles. The molecule has 3 aliphatic carbocycles. The van der Waals surface area contributed by atoms with E-state index in [4.69, 9.17) is 0 Å². The zero-order valence-electron chi connectivity index (χ0n) is 12.0. The molecule has 6 nitrogen and oxygen atoms in total. The number of H-pyrrole nitrogens is 1. The topological polar surface area (TPSA) is 83.0 Å². The van der Waals surface area contributed by atoms with E-state index in [0.717, 1.165) is 12.3 Å². The minimum atomic E-state index is -0.252. The minimum absolute atomic E-state index is 0.252. The molecule has 1 fully saturated rings. The second kappa shape index (κ2) is 4.54. The molecular weight excluding hydrogens is 254 g/mol. The maximum atomic E-state index is 11.4. The van der Waals surface area contributed by atoms with E-state index >= 15 is 0 Å². The molecule has 1 heterocycles. The molecule has 6 heteroatoms. The summed E-state index contributed by atoms with van der Waals surface area (Å²) in [5, 5.41) is 11.7. The van der Waals surface area contributed by atoms with Gasteiger partial charge in [-0.1, -0.05) is 19.9 Å². The summed E-state index contributed by atoms with van der Waals surface area (Å²) in [5.74, 6) is 1.67. The zero-order chi connectivity index (χ0) is 14.3. The van der Waals surface area contributed by atoms with Gasteiger partial charge in [0.1, 0.15) is 5.69 Å². The summed E-state index contributed by atoms with van der Waals surface area (Å²) < 4.78 is 0. The number of hydrogen-bond acceptors (Lipinski definition) is 5. The Balaban J connectivity index is 1.68. The van der Waals surface area contributed by atoms with Gasteiger partial charge in [0.25, 0.3) is 5.56 Å². The van der Waals surface area contributed by atoms with Crippen molar-refractivity contribution in [2.75, 3.05) is 5.43 Å². The Morgan fingerprint density at radius 1 is 1.50 bits per heavy atom. The molecule has 1 saturated carbocycles. The normalized spacial score (nSPS) is 27.1. The van der Waals surface area contributed by atoms with Gasteiger partial charge in [-0.3, -0.25) is 9.78 Å². The number of aryl methyl sites for hydroxylation is 1. The van der Waals surface area contributed by atoms with Crippen molar-refractivity contribution < 1.29 is 0 Å². The molecule has 0 amide bonds. The molecule has 2 N–H and O–H groups in total. The number of nitrogens with one attached hydrogen (secondary N) is 2. The molecule has 0 aliphatic heterocycles. The second-order valence-electron chi connectivity index (χ2n) is 6.20. The molecular formula is C14H19N5O. The summed E-state index contributed by atoms with van der Waals surface area (Å²) in [6.45, 7) is 6.26. The first-order valence-electron chi connectivity index (χ1n) is 6.91. The third kappa shape index (κ3) is 2.05. The quantitative estimate of drug-likeness (QED) is 0.650. The van der Waals surface area contributed by atoms with Crippen LogP contribution in [0.2, 0.25) is 0 Å². The third-order valence-electron chi connectivity index (χ3n) is 4.76. The molecule has 0 aromatic carbocycles. The first-order chi connectivity index (χ1) is 9.48. The van der Waals surface area contributed by atoms with Crippen molar-refractivity contribution in [1.82, 2.24) is 15.2 Å². The van der Waals surface area contributed by atoms with E-state index in [9.17, 15) is 4.79 Å². The molecule has 0 spiro atoms. The monoisotopic (exact) mass is 273 g/mol. The first kappa shape index (κ1) is 13.0. The number of fused-ring (bicyclic) bond motifs is 1. The summed E-state index contributed by atoms with van der Waals surface area (Å²) in [5.41, 5.74) is 4.47. The SMILES string of the molecule is Cc1nnc(N/N=C\C2=CC[C@@H]3C[C@@H]2C3(C)C)[nH]c1=O. The molecule has 106 valence electrons. The fraction of sp³-hybridized carbons (Fsp3) is 0.571. The van der Waals surface area contributed by atoms with Crippen LogP contribution in [-0.4, -0.2) is 21.4 Å². The Kier molecular flexibility index (Phi) is 2.96. The van der Waals surface area contributed by atoms with Crippen molar-refractivity contribution in [2.24, 2.45) is 22.4 Å². The van der Waals surface area contributed by atoms with Gasteiger partial charge in [0.05, 0.1) is 6.21 Å². The van der Waals surface area contributed by atoms with Crippen LogP contribution in [0.3, 0.4) is 0 Å². The Bertz CT molecular complexity index is 643. The lowest BCUT2D eigenvalue weighted by Gasteiger charge is -2.55. The maximum absolute atomic E-state index is 11.4. The molecule has 0 unspecified atom stereocenters. The van der Waals surface area contributed by atoms with E-state index in [1.807, 2.05) is 6.21 Å². The Morgan fingerprint density at radius 2 is 2.30 bits per heavy atom. The van der Waals surface area contributed by atoms with Gasteiger partial charge in [0, 0.05) is 0 Å². The van der Waals surface area contributed by atoms with Gasteiger partial charge in [0.15, 0.2) is 0 Å². The average Bonchev–Trinajstić information content (AvgIpc) is 2.43. The number of aromatic nitrogens is 3. The molecule has 3 aliphatic rings. The Morgan fingerprint density at radius 3 is 2.95 bits per heavy atom. The second-order valence-corrected chi connectivity index (χ2v) is 6.20. The van der Waals surface area contributed by atoms with Crippen LogP contribution in [0.25, 0.3) is 0 Å². The van der Waals surface area contributed by atoms with Gasteiger partial charge in [0.2, 0.25) is 5.95 Å². The van der Waals surface area contributed by atoms with E-state index < -0.39 is 0 Å². The minimum Gasteiger partial charge on any atom is -0.288 e. The van der Waals surface area contributed by atoms with Gasteiger partial charge < -0.3 is 0 Å². The standard InChI is InChI=1S/C14H19N5O/c1-8-12(20)16-13(19-17-8)18-15-7-9-4-5-10-6-11(9)14(10,2)3/h4,7,10-11H,5-6H2,1-3H3,(H2,16,18,19,20)/b15-7-/t10-,11+/m1/s1. The van der Waals surface area contributed by atoms with Gasteiger partial charge in [-0.05, 0) is 42.6 Å². The Labute approximate surface area is 117 Å². The molecule has 4 rings (SSSR count). The van der Waals surface area contributed by atoms with Crippen molar-refractivity contribution in [3.8, 4) is 0 Å². The van der Waals surface area contributed by atoms with Crippen molar-refractivity contribution in [3.63, 3.8) is 0 Å². The van der Waals surface area contributed by atoms with Crippen molar-refractivity contribution in [2.45, 2.75) is 33.6 Å². The van der Waals surface area contributed by atoms with Gasteiger partial charge in [-0.25, -0.2) is 5.43 Å². The molecule has 20 heavy (non-hydrogen) atoms. The fourth-order valence-electron chi connectivity index (χ4n) is 3.16. The molecule has 2 bridgehead atoms. The number of aromatic amines is 1. The van der Waals surface area contributed by atoms with E-state index in [2.05, 4.69) is 45.6 Å². The van der Waals surface area contributed by atoms with Crippen LogP contribution in [0, 0.1) is 24.2 Å². The predicted molar refractivity (Wildman–Crippen MR) is 77.6 cm³/mol. The van der Waals surface area contributed by atoms with E-state index in [0.29, 0.717) is 17.0 Å². The highest BCUT2D eigenvalue weighted by molar-refractivity contribution is 5.81.